The Morgan fingerprint density at radius 3 is 2.75 bits per heavy atom. The lowest BCUT2D eigenvalue weighted by Crippen LogP contribution is -2.58. The SMILES string of the molecule is CN1c2ccc(N)cc2NC1(N)Cc1ccccc1F. The van der Waals surface area contributed by atoms with Crippen molar-refractivity contribution in [1.82, 2.24) is 0 Å². The quantitative estimate of drug-likeness (QED) is 0.733. The van der Waals surface area contributed by atoms with Crippen LogP contribution in [0.15, 0.2) is 42.5 Å². The average Bonchev–Trinajstić information content (AvgIpc) is 2.64. The van der Waals surface area contributed by atoms with E-state index in [9.17, 15) is 4.39 Å². The van der Waals surface area contributed by atoms with Crippen LogP contribution in [0.25, 0.3) is 0 Å². The number of nitrogens with two attached hydrogens (primary N) is 2. The van der Waals surface area contributed by atoms with Gasteiger partial charge in [-0.1, -0.05) is 18.2 Å². The van der Waals surface area contributed by atoms with E-state index in [1.807, 2.05) is 36.2 Å². The van der Waals surface area contributed by atoms with Gasteiger partial charge >= 0.3 is 0 Å². The fourth-order valence-electron chi connectivity index (χ4n) is 2.57. The second-order valence-electron chi connectivity index (χ2n) is 5.15. The van der Waals surface area contributed by atoms with Gasteiger partial charge in [-0.2, -0.15) is 0 Å². The van der Waals surface area contributed by atoms with Crippen LogP contribution in [0.3, 0.4) is 0 Å². The number of hydrogen-bond acceptors (Lipinski definition) is 4. The normalized spacial score (nSPS) is 20.6. The van der Waals surface area contributed by atoms with E-state index in [0.717, 1.165) is 11.4 Å². The minimum atomic E-state index is -0.863. The van der Waals surface area contributed by atoms with Gasteiger partial charge in [0.15, 0.2) is 5.79 Å². The third kappa shape index (κ3) is 1.96. The molecule has 1 aliphatic heterocycles. The van der Waals surface area contributed by atoms with Crippen molar-refractivity contribution in [2.24, 2.45) is 5.73 Å². The maximum atomic E-state index is 13.8. The summed E-state index contributed by atoms with van der Waals surface area (Å²) in [6.45, 7) is 0. The first-order valence-corrected chi connectivity index (χ1v) is 6.43. The molecule has 1 aliphatic rings. The van der Waals surface area contributed by atoms with Gasteiger partial charge in [-0.3, -0.25) is 5.73 Å². The zero-order chi connectivity index (χ0) is 14.3. The van der Waals surface area contributed by atoms with Crippen molar-refractivity contribution in [2.45, 2.75) is 12.2 Å². The van der Waals surface area contributed by atoms with E-state index in [1.165, 1.54) is 6.07 Å². The number of fused-ring (bicyclic) bond motifs is 1. The van der Waals surface area contributed by atoms with E-state index in [0.29, 0.717) is 17.7 Å². The number of likely N-dealkylation sites (N-methyl/N-ethyl adjacent to an activating group) is 1. The summed E-state index contributed by atoms with van der Waals surface area (Å²) in [5, 5.41) is 3.23. The van der Waals surface area contributed by atoms with E-state index < -0.39 is 5.79 Å². The van der Waals surface area contributed by atoms with Crippen LogP contribution >= 0.6 is 0 Å². The second-order valence-corrected chi connectivity index (χ2v) is 5.15. The molecular formula is C15H17FN4. The van der Waals surface area contributed by atoms with Crippen LogP contribution in [0.5, 0.6) is 0 Å². The van der Waals surface area contributed by atoms with Gasteiger partial charge in [-0.15, -0.1) is 0 Å². The van der Waals surface area contributed by atoms with Crippen molar-refractivity contribution < 1.29 is 4.39 Å². The highest BCUT2D eigenvalue weighted by Crippen LogP contribution is 2.39. The Morgan fingerprint density at radius 1 is 1.25 bits per heavy atom. The maximum Gasteiger partial charge on any atom is 0.168 e. The Bertz CT molecular complexity index is 658. The highest BCUT2D eigenvalue weighted by atomic mass is 19.1. The molecule has 0 radical (unpaired) electrons. The standard InChI is InChI=1S/C15H17FN4/c1-20-14-7-6-11(17)8-13(14)19-15(20,18)9-10-4-2-3-5-12(10)16/h2-8,19H,9,17-18H2,1H3. The van der Waals surface area contributed by atoms with Gasteiger partial charge in [-0.05, 0) is 29.8 Å². The molecule has 0 aromatic heterocycles. The Kier molecular flexibility index (Phi) is 2.79. The number of anilines is 3. The van der Waals surface area contributed by atoms with Crippen molar-refractivity contribution in [2.75, 3.05) is 23.0 Å². The predicted octanol–water partition coefficient (Wildman–Crippen LogP) is 2.12. The Morgan fingerprint density at radius 2 is 2.00 bits per heavy atom. The molecule has 5 N–H and O–H groups in total. The first-order chi connectivity index (χ1) is 9.49. The molecule has 20 heavy (non-hydrogen) atoms. The molecule has 0 aliphatic carbocycles. The molecule has 2 aromatic rings. The van der Waals surface area contributed by atoms with Gasteiger partial charge in [0.1, 0.15) is 5.82 Å². The van der Waals surface area contributed by atoms with Gasteiger partial charge in [0.05, 0.1) is 11.4 Å². The first-order valence-electron chi connectivity index (χ1n) is 6.43. The third-order valence-corrected chi connectivity index (χ3v) is 3.75. The van der Waals surface area contributed by atoms with Crippen LogP contribution in [0.4, 0.5) is 21.5 Å². The van der Waals surface area contributed by atoms with Gasteiger partial charge in [0, 0.05) is 19.2 Å². The summed E-state index contributed by atoms with van der Waals surface area (Å²) >= 11 is 0. The summed E-state index contributed by atoms with van der Waals surface area (Å²) in [7, 11) is 1.88. The van der Waals surface area contributed by atoms with Crippen molar-refractivity contribution in [3.8, 4) is 0 Å². The number of rotatable bonds is 2. The van der Waals surface area contributed by atoms with Crippen LogP contribution in [0.1, 0.15) is 5.56 Å². The molecule has 1 heterocycles. The van der Waals surface area contributed by atoms with Crippen molar-refractivity contribution in [1.29, 1.82) is 0 Å². The molecule has 1 unspecified atom stereocenters. The van der Waals surface area contributed by atoms with Crippen LogP contribution in [0.2, 0.25) is 0 Å². The molecule has 1 atom stereocenters. The summed E-state index contributed by atoms with van der Waals surface area (Å²) in [5.41, 5.74) is 15.3. The van der Waals surface area contributed by atoms with E-state index in [1.54, 1.807) is 12.1 Å². The van der Waals surface area contributed by atoms with E-state index >= 15 is 0 Å². The van der Waals surface area contributed by atoms with Crippen molar-refractivity contribution in [3.05, 3.63) is 53.8 Å². The van der Waals surface area contributed by atoms with Crippen LogP contribution in [0, 0.1) is 5.82 Å². The number of hydrogen-bond donors (Lipinski definition) is 3. The highest BCUT2D eigenvalue weighted by Gasteiger charge is 2.38. The van der Waals surface area contributed by atoms with Gasteiger partial charge in [-0.25, -0.2) is 4.39 Å². The average molecular weight is 272 g/mol. The van der Waals surface area contributed by atoms with Crippen molar-refractivity contribution in [3.63, 3.8) is 0 Å². The molecule has 5 heteroatoms. The number of benzene rings is 2. The minimum absolute atomic E-state index is 0.247. The van der Waals surface area contributed by atoms with E-state index in [4.69, 9.17) is 11.5 Å². The van der Waals surface area contributed by atoms with Gasteiger partial charge in [0.2, 0.25) is 0 Å². The summed E-state index contributed by atoms with van der Waals surface area (Å²) in [5.74, 6) is -1.11. The zero-order valence-corrected chi connectivity index (χ0v) is 11.2. The minimum Gasteiger partial charge on any atom is -0.399 e. The topological polar surface area (TPSA) is 67.3 Å². The lowest BCUT2D eigenvalue weighted by atomic mass is 10.1. The lowest BCUT2D eigenvalue weighted by Gasteiger charge is -2.34. The monoisotopic (exact) mass is 272 g/mol. The largest absolute Gasteiger partial charge is 0.399 e. The van der Waals surface area contributed by atoms with Crippen LogP contribution < -0.4 is 21.7 Å². The summed E-state index contributed by atoms with van der Waals surface area (Å²) in [4.78, 5) is 1.91. The van der Waals surface area contributed by atoms with Gasteiger partial charge in [0.25, 0.3) is 0 Å². The molecule has 2 aromatic carbocycles. The Hall–Kier alpha value is -2.27. The molecule has 0 saturated carbocycles. The summed E-state index contributed by atoms with van der Waals surface area (Å²) in [6.07, 6.45) is 0.352. The predicted molar refractivity (Wildman–Crippen MR) is 79.9 cm³/mol. The molecule has 4 nitrogen and oxygen atoms in total. The highest BCUT2D eigenvalue weighted by molar-refractivity contribution is 5.80. The Labute approximate surface area is 117 Å². The summed E-state index contributed by atoms with van der Waals surface area (Å²) in [6, 6.07) is 12.2. The second kappa shape index (κ2) is 4.38. The van der Waals surface area contributed by atoms with Crippen LogP contribution in [-0.4, -0.2) is 12.8 Å². The summed E-state index contributed by atoms with van der Waals surface area (Å²) < 4.78 is 13.8. The van der Waals surface area contributed by atoms with Gasteiger partial charge < -0.3 is 16.0 Å². The van der Waals surface area contributed by atoms with Crippen LogP contribution in [-0.2, 0) is 6.42 Å². The molecule has 0 saturated heterocycles. The lowest BCUT2D eigenvalue weighted by molar-refractivity contribution is 0.477. The molecule has 104 valence electrons. The number of halogens is 1. The van der Waals surface area contributed by atoms with E-state index in [2.05, 4.69) is 5.32 Å². The molecule has 0 bridgehead atoms. The molecule has 0 spiro atoms. The van der Waals surface area contributed by atoms with Crippen molar-refractivity contribution >= 4 is 17.1 Å². The molecule has 3 rings (SSSR count). The molecule has 0 amide bonds. The zero-order valence-electron chi connectivity index (χ0n) is 11.2. The van der Waals surface area contributed by atoms with E-state index in [-0.39, 0.29) is 5.82 Å². The number of nitrogen functional groups attached to an aromatic ring is 1. The third-order valence-electron chi connectivity index (χ3n) is 3.75. The Balaban J connectivity index is 1.93. The maximum absolute atomic E-state index is 13.8. The molecule has 0 fully saturated rings. The molecular weight excluding hydrogens is 255 g/mol. The number of nitrogens with one attached hydrogen (secondary N) is 1. The fraction of sp³-hybridized carbons (Fsp3) is 0.200. The smallest absolute Gasteiger partial charge is 0.168 e. The first kappa shape index (κ1) is 12.7. The number of nitrogens with zero attached hydrogens (tertiary/aromatic N) is 1. The fourth-order valence-corrected chi connectivity index (χ4v) is 2.57.